The van der Waals surface area contributed by atoms with Gasteiger partial charge in [0.05, 0.1) is 6.61 Å². The third kappa shape index (κ3) is 2.76. The van der Waals surface area contributed by atoms with Gasteiger partial charge in [0.15, 0.2) is 5.78 Å². The van der Waals surface area contributed by atoms with Crippen molar-refractivity contribution in [3.05, 3.63) is 21.9 Å². The van der Waals surface area contributed by atoms with E-state index in [9.17, 15) is 4.79 Å². The Labute approximate surface area is 106 Å². The van der Waals surface area contributed by atoms with Gasteiger partial charge in [-0.2, -0.15) is 0 Å². The largest absolute Gasteiger partial charge is 0.367 e. The number of aryl methyl sites for hydroxylation is 1. The Morgan fingerprint density at radius 1 is 1.59 bits per heavy atom. The summed E-state index contributed by atoms with van der Waals surface area (Å²) in [5, 5.41) is 1.96. The molecule has 1 aromatic heterocycles. The van der Waals surface area contributed by atoms with E-state index in [1.54, 1.807) is 11.3 Å². The Kier molecular flexibility index (Phi) is 3.97. The molecule has 0 bridgehead atoms. The van der Waals surface area contributed by atoms with Crippen molar-refractivity contribution < 1.29 is 9.53 Å². The standard InChI is InChI=1S/C13H19NO2S/c1-9(2)14-5-6-16-12(8-14)13(15)11-4-7-17-10(11)3/h4,7,9,12H,5-6,8H2,1-3H3. The average Bonchev–Trinajstić information content (AvgIpc) is 2.74. The molecule has 94 valence electrons. The molecule has 1 atom stereocenters. The molecule has 1 aromatic rings. The second-order valence-electron chi connectivity index (χ2n) is 4.70. The zero-order chi connectivity index (χ0) is 12.4. The van der Waals surface area contributed by atoms with E-state index in [0.29, 0.717) is 19.2 Å². The highest BCUT2D eigenvalue weighted by Gasteiger charge is 2.29. The molecule has 17 heavy (non-hydrogen) atoms. The van der Waals surface area contributed by atoms with Gasteiger partial charge in [0.2, 0.25) is 0 Å². The van der Waals surface area contributed by atoms with Gasteiger partial charge in [-0.05, 0) is 32.2 Å². The van der Waals surface area contributed by atoms with Crippen molar-refractivity contribution in [1.82, 2.24) is 4.90 Å². The predicted molar refractivity (Wildman–Crippen MR) is 69.8 cm³/mol. The van der Waals surface area contributed by atoms with Crippen molar-refractivity contribution in [3.8, 4) is 0 Å². The fraction of sp³-hybridized carbons (Fsp3) is 0.615. The highest BCUT2D eigenvalue weighted by molar-refractivity contribution is 7.10. The first-order valence-electron chi connectivity index (χ1n) is 6.03. The molecular formula is C13H19NO2S. The molecule has 1 aliphatic heterocycles. The number of carbonyl (C=O) groups excluding carboxylic acids is 1. The zero-order valence-electron chi connectivity index (χ0n) is 10.6. The van der Waals surface area contributed by atoms with Gasteiger partial charge in [-0.3, -0.25) is 9.69 Å². The summed E-state index contributed by atoms with van der Waals surface area (Å²) in [5.74, 6) is 0.133. The number of ketones is 1. The highest BCUT2D eigenvalue weighted by Crippen LogP contribution is 2.20. The number of Topliss-reactive ketones (excluding diaryl/α,β-unsaturated/α-hetero) is 1. The molecule has 1 aliphatic rings. The molecule has 0 radical (unpaired) electrons. The summed E-state index contributed by atoms with van der Waals surface area (Å²) in [7, 11) is 0. The van der Waals surface area contributed by atoms with Crippen LogP contribution in [0, 0.1) is 6.92 Å². The fourth-order valence-corrected chi connectivity index (χ4v) is 2.81. The van der Waals surface area contributed by atoms with Crippen LogP contribution in [-0.2, 0) is 4.74 Å². The topological polar surface area (TPSA) is 29.5 Å². The molecule has 0 N–H and O–H groups in total. The van der Waals surface area contributed by atoms with Crippen molar-refractivity contribution in [3.63, 3.8) is 0 Å². The number of nitrogens with zero attached hydrogens (tertiary/aromatic N) is 1. The molecular weight excluding hydrogens is 234 g/mol. The third-order valence-corrected chi connectivity index (χ3v) is 4.09. The van der Waals surface area contributed by atoms with Gasteiger partial charge in [-0.25, -0.2) is 0 Å². The number of rotatable bonds is 3. The maximum absolute atomic E-state index is 12.3. The lowest BCUT2D eigenvalue weighted by molar-refractivity contribution is -0.0256. The van der Waals surface area contributed by atoms with E-state index in [1.807, 2.05) is 18.4 Å². The Hall–Kier alpha value is -0.710. The first-order valence-corrected chi connectivity index (χ1v) is 6.91. The highest BCUT2D eigenvalue weighted by atomic mass is 32.1. The first-order chi connectivity index (χ1) is 8.09. The molecule has 2 rings (SSSR count). The maximum Gasteiger partial charge on any atom is 0.193 e. The van der Waals surface area contributed by atoms with Gasteiger partial charge in [0.1, 0.15) is 6.10 Å². The molecule has 1 unspecified atom stereocenters. The van der Waals surface area contributed by atoms with Crippen molar-refractivity contribution in [2.75, 3.05) is 19.7 Å². The van der Waals surface area contributed by atoms with Gasteiger partial charge in [0, 0.05) is 29.6 Å². The Bertz CT molecular complexity index is 400. The minimum absolute atomic E-state index is 0.133. The van der Waals surface area contributed by atoms with Crippen molar-refractivity contribution >= 4 is 17.1 Å². The van der Waals surface area contributed by atoms with Crippen LogP contribution in [0.1, 0.15) is 29.1 Å². The smallest absolute Gasteiger partial charge is 0.193 e. The Morgan fingerprint density at radius 3 is 2.94 bits per heavy atom. The van der Waals surface area contributed by atoms with Crippen LogP contribution in [0.5, 0.6) is 0 Å². The van der Waals surface area contributed by atoms with Crippen LogP contribution in [0.4, 0.5) is 0 Å². The molecule has 1 fully saturated rings. The number of hydrogen-bond donors (Lipinski definition) is 0. The molecule has 0 spiro atoms. The minimum Gasteiger partial charge on any atom is -0.367 e. The number of ether oxygens (including phenoxy) is 1. The monoisotopic (exact) mass is 253 g/mol. The van der Waals surface area contributed by atoms with Crippen LogP contribution in [-0.4, -0.2) is 42.5 Å². The molecule has 0 saturated carbocycles. The Morgan fingerprint density at radius 2 is 2.35 bits per heavy atom. The molecule has 3 nitrogen and oxygen atoms in total. The lowest BCUT2D eigenvalue weighted by atomic mass is 10.1. The average molecular weight is 253 g/mol. The van der Waals surface area contributed by atoms with E-state index in [1.165, 1.54) is 0 Å². The number of thiophene rings is 1. The van der Waals surface area contributed by atoms with Crippen LogP contribution in [0.3, 0.4) is 0 Å². The summed E-state index contributed by atoms with van der Waals surface area (Å²) in [6, 6.07) is 2.37. The van der Waals surface area contributed by atoms with Crippen LogP contribution < -0.4 is 0 Å². The van der Waals surface area contributed by atoms with E-state index in [0.717, 1.165) is 17.0 Å². The maximum atomic E-state index is 12.3. The van der Waals surface area contributed by atoms with E-state index < -0.39 is 0 Å². The Balaban J connectivity index is 2.07. The summed E-state index contributed by atoms with van der Waals surface area (Å²) in [6.07, 6.45) is -0.292. The minimum atomic E-state index is -0.292. The van der Waals surface area contributed by atoms with Crippen molar-refractivity contribution in [2.24, 2.45) is 0 Å². The van der Waals surface area contributed by atoms with Crippen LogP contribution in [0.15, 0.2) is 11.4 Å². The van der Waals surface area contributed by atoms with Crippen molar-refractivity contribution in [1.29, 1.82) is 0 Å². The summed E-state index contributed by atoms with van der Waals surface area (Å²) >= 11 is 1.61. The lowest BCUT2D eigenvalue weighted by Crippen LogP contribution is -2.48. The van der Waals surface area contributed by atoms with Gasteiger partial charge in [-0.1, -0.05) is 0 Å². The summed E-state index contributed by atoms with van der Waals surface area (Å²) in [6.45, 7) is 8.58. The lowest BCUT2D eigenvalue weighted by Gasteiger charge is -2.34. The molecule has 2 heterocycles. The molecule has 0 aromatic carbocycles. The number of carbonyl (C=O) groups is 1. The van der Waals surface area contributed by atoms with Crippen LogP contribution in [0.25, 0.3) is 0 Å². The summed E-state index contributed by atoms with van der Waals surface area (Å²) < 4.78 is 5.61. The summed E-state index contributed by atoms with van der Waals surface area (Å²) in [5.41, 5.74) is 0.825. The van der Waals surface area contributed by atoms with Gasteiger partial charge in [-0.15, -0.1) is 11.3 Å². The summed E-state index contributed by atoms with van der Waals surface area (Å²) in [4.78, 5) is 15.7. The van der Waals surface area contributed by atoms with E-state index in [4.69, 9.17) is 4.74 Å². The SMILES string of the molecule is Cc1sccc1C(=O)C1CN(C(C)C)CCO1. The molecule has 1 saturated heterocycles. The van der Waals surface area contributed by atoms with E-state index in [-0.39, 0.29) is 11.9 Å². The van der Waals surface area contributed by atoms with Gasteiger partial charge >= 0.3 is 0 Å². The third-order valence-electron chi connectivity index (χ3n) is 3.24. The van der Waals surface area contributed by atoms with Crippen LogP contribution >= 0.6 is 11.3 Å². The molecule has 4 heteroatoms. The number of hydrogen-bond acceptors (Lipinski definition) is 4. The molecule has 0 amide bonds. The quantitative estimate of drug-likeness (QED) is 0.774. The van der Waals surface area contributed by atoms with Gasteiger partial charge < -0.3 is 4.74 Å². The zero-order valence-corrected chi connectivity index (χ0v) is 11.4. The normalized spacial score (nSPS) is 22.0. The first kappa shape index (κ1) is 12.7. The van der Waals surface area contributed by atoms with Gasteiger partial charge in [0.25, 0.3) is 0 Å². The van der Waals surface area contributed by atoms with E-state index in [2.05, 4.69) is 18.7 Å². The second kappa shape index (κ2) is 5.29. The van der Waals surface area contributed by atoms with Crippen LogP contribution in [0.2, 0.25) is 0 Å². The number of morpholine rings is 1. The fourth-order valence-electron chi connectivity index (χ4n) is 2.11. The van der Waals surface area contributed by atoms with E-state index >= 15 is 0 Å². The second-order valence-corrected chi connectivity index (χ2v) is 5.82. The van der Waals surface area contributed by atoms with Crippen molar-refractivity contribution in [2.45, 2.75) is 32.9 Å². The predicted octanol–water partition coefficient (Wildman–Crippen LogP) is 2.35. The molecule has 0 aliphatic carbocycles.